The van der Waals surface area contributed by atoms with E-state index < -0.39 is 0 Å². The Labute approximate surface area is 155 Å². The van der Waals surface area contributed by atoms with Crippen molar-refractivity contribution in [1.29, 1.82) is 0 Å². The molecule has 0 atom stereocenters. The van der Waals surface area contributed by atoms with Gasteiger partial charge in [0.15, 0.2) is 0 Å². The van der Waals surface area contributed by atoms with Gasteiger partial charge in [0.1, 0.15) is 17.1 Å². The predicted molar refractivity (Wildman–Crippen MR) is 109 cm³/mol. The van der Waals surface area contributed by atoms with E-state index in [1.165, 1.54) is 0 Å². The minimum atomic E-state index is 0.361. The van der Waals surface area contributed by atoms with Gasteiger partial charge < -0.3 is 14.4 Å². The van der Waals surface area contributed by atoms with Crippen LogP contribution in [0.5, 0.6) is 5.75 Å². The zero-order valence-electron chi connectivity index (χ0n) is 15.9. The number of phenolic OH excluding ortho intramolecular Hbond substituents is 1. The van der Waals surface area contributed by atoms with Crippen LogP contribution in [-0.2, 0) is 13.0 Å². The number of allylic oxidation sites excluding steroid dienone is 1. The molecular formula is C23H27NO2. The first kappa shape index (κ1) is 18.3. The third-order valence-corrected chi connectivity index (χ3v) is 4.62. The van der Waals surface area contributed by atoms with Crippen molar-refractivity contribution in [3.05, 3.63) is 65.9 Å². The van der Waals surface area contributed by atoms with Crippen LogP contribution in [0.2, 0.25) is 0 Å². The lowest BCUT2D eigenvalue weighted by Gasteiger charge is -2.19. The molecule has 0 unspecified atom stereocenters. The maximum Gasteiger partial charge on any atom is 0.134 e. The Morgan fingerprint density at radius 1 is 1.19 bits per heavy atom. The molecule has 0 fully saturated rings. The molecule has 1 aromatic heterocycles. The maximum absolute atomic E-state index is 11.0. The predicted octanol–water partition coefficient (Wildman–Crippen LogP) is 5.68. The van der Waals surface area contributed by atoms with Gasteiger partial charge in [-0.05, 0) is 68.8 Å². The van der Waals surface area contributed by atoms with Crippen molar-refractivity contribution in [3.8, 4) is 16.9 Å². The van der Waals surface area contributed by atoms with E-state index in [1.807, 2.05) is 31.2 Å². The van der Waals surface area contributed by atoms with E-state index in [0.717, 1.165) is 64.9 Å². The second-order valence-electron chi connectivity index (χ2n) is 6.99. The van der Waals surface area contributed by atoms with Crippen LogP contribution in [0.3, 0.4) is 0 Å². The fourth-order valence-electron chi connectivity index (χ4n) is 3.48. The van der Waals surface area contributed by atoms with E-state index in [4.69, 9.17) is 4.42 Å². The summed E-state index contributed by atoms with van der Waals surface area (Å²) in [5.74, 6) is 1.25. The van der Waals surface area contributed by atoms with Crippen molar-refractivity contribution < 1.29 is 9.52 Å². The Morgan fingerprint density at radius 2 is 2.00 bits per heavy atom. The monoisotopic (exact) mass is 349 g/mol. The molecule has 0 radical (unpaired) electrons. The Bertz CT molecular complexity index is 923. The molecule has 3 aromatic rings. The van der Waals surface area contributed by atoms with E-state index in [-0.39, 0.29) is 0 Å². The first-order valence-corrected chi connectivity index (χ1v) is 9.16. The lowest BCUT2D eigenvalue weighted by atomic mass is 9.96. The van der Waals surface area contributed by atoms with Crippen LogP contribution in [0.15, 0.2) is 53.5 Å². The number of furan rings is 1. The number of aromatic hydroxyl groups is 1. The molecule has 136 valence electrons. The lowest BCUT2D eigenvalue weighted by Crippen LogP contribution is -2.18. The molecule has 3 heteroatoms. The summed E-state index contributed by atoms with van der Waals surface area (Å²) in [5.41, 5.74) is 4.86. The van der Waals surface area contributed by atoms with Crippen LogP contribution in [-0.4, -0.2) is 23.6 Å². The average Bonchev–Trinajstić information content (AvgIpc) is 2.97. The van der Waals surface area contributed by atoms with Gasteiger partial charge in [-0.15, -0.1) is 6.58 Å². The minimum Gasteiger partial charge on any atom is -0.507 e. The number of hydrogen-bond acceptors (Lipinski definition) is 3. The van der Waals surface area contributed by atoms with Crippen LogP contribution in [0, 0.1) is 6.92 Å². The largest absolute Gasteiger partial charge is 0.507 e. The van der Waals surface area contributed by atoms with Crippen molar-refractivity contribution in [3.63, 3.8) is 0 Å². The highest BCUT2D eigenvalue weighted by atomic mass is 16.3. The highest BCUT2D eigenvalue weighted by Crippen LogP contribution is 2.36. The highest BCUT2D eigenvalue weighted by Gasteiger charge is 2.14. The molecule has 0 saturated heterocycles. The second kappa shape index (κ2) is 7.79. The topological polar surface area (TPSA) is 36.6 Å². The number of hydrogen-bond donors (Lipinski definition) is 1. The van der Waals surface area contributed by atoms with Crippen molar-refractivity contribution in [2.75, 3.05) is 13.6 Å². The summed E-state index contributed by atoms with van der Waals surface area (Å²) in [5, 5.41) is 12.0. The van der Waals surface area contributed by atoms with E-state index in [0.29, 0.717) is 5.75 Å². The van der Waals surface area contributed by atoms with E-state index in [1.54, 1.807) is 0 Å². The third kappa shape index (κ3) is 3.83. The van der Waals surface area contributed by atoms with Gasteiger partial charge in [-0.3, -0.25) is 0 Å². The van der Waals surface area contributed by atoms with Crippen LogP contribution in [0.25, 0.3) is 22.1 Å². The number of phenols is 1. The fourth-order valence-corrected chi connectivity index (χ4v) is 3.48. The van der Waals surface area contributed by atoms with Crippen molar-refractivity contribution in [2.24, 2.45) is 0 Å². The normalized spacial score (nSPS) is 11.4. The summed E-state index contributed by atoms with van der Waals surface area (Å²) in [6.45, 7) is 9.70. The van der Waals surface area contributed by atoms with Crippen molar-refractivity contribution in [2.45, 2.75) is 33.2 Å². The molecule has 26 heavy (non-hydrogen) atoms. The van der Waals surface area contributed by atoms with Gasteiger partial charge in [0.05, 0.1) is 0 Å². The molecule has 0 aliphatic rings. The maximum atomic E-state index is 11.0. The van der Waals surface area contributed by atoms with E-state index in [2.05, 4.69) is 43.6 Å². The summed E-state index contributed by atoms with van der Waals surface area (Å²) < 4.78 is 5.67. The number of fused-ring (bicyclic) bond motifs is 1. The molecule has 0 bridgehead atoms. The number of aryl methyl sites for hydroxylation is 1. The summed E-state index contributed by atoms with van der Waals surface area (Å²) in [6.07, 6.45) is 3.77. The van der Waals surface area contributed by atoms with Gasteiger partial charge >= 0.3 is 0 Å². The minimum absolute atomic E-state index is 0.361. The van der Waals surface area contributed by atoms with E-state index >= 15 is 0 Å². The summed E-state index contributed by atoms with van der Waals surface area (Å²) >= 11 is 0. The quantitative estimate of drug-likeness (QED) is 0.557. The van der Waals surface area contributed by atoms with Gasteiger partial charge in [-0.2, -0.15) is 0 Å². The highest BCUT2D eigenvalue weighted by molar-refractivity contribution is 5.86. The van der Waals surface area contributed by atoms with Crippen LogP contribution >= 0.6 is 0 Å². The fraction of sp³-hybridized carbons (Fsp3) is 0.304. The molecule has 0 spiro atoms. The van der Waals surface area contributed by atoms with E-state index in [9.17, 15) is 5.11 Å². The summed E-state index contributed by atoms with van der Waals surface area (Å²) in [4.78, 5) is 2.24. The lowest BCUT2D eigenvalue weighted by molar-refractivity contribution is 0.321. The van der Waals surface area contributed by atoms with Crippen LogP contribution < -0.4 is 0 Å². The molecule has 3 nitrogen and oxygen atoms in total. The number of benzene rings is 2. The van der Waals surface area contributed by atoms with Gasteiger partial charge in [-0.1, -0.05) is 25.1 Å². The molecule has 0 aliphatic heterocycles. The Hall–Kier alpha value is -2.52. The SMILES string of the molecule is C=CCc1cc(CN(C)CCC)c(O)c(-c2ccc3oc(C)cc3c2)c1. The molecule has 1 N–H and O–H groups in total. The van der Waals surface area contributed by atoms with Crippen LogP contribution in [0.4, 0.5) is 0 Å². The molecule has 1 heterocycles. The number of rotatable bonds is 7. The Morgan fingerprint density at radius 3 is 2.73 bits per heavy atom. The standard InChI is InChI=1S/C23H27NO2/c1-5-7-17-12-20(15-24(4)10-6-2)23(25)21(13-17)18-8-9-22-19(14-18)11-16(3)26-22/h5,8-9,11-14,25H,1,6-7,10,15H2,2-4H3. The first-order chi connectivity index (χ1) is 12.5. The van der Waals surface area contributed by atoms with Gasteiger partial charge in [-0.25, -0.2) is 0 Å². The molecule has 0 aliphatic carbocycles. The van der Waals surface area contributed by atoms with Gasteiger partial charge in [0.25, 0.3) is 0 Å². The molecule has 2 aromatic carbocycles. The summed E-state index contributed by atoms with van der Waals surface area (Å²) in [6, 6.07) is 12.2. The molecular weight excluding hydrogens is 322 g/mol. The van der Waals surface area contributed by atoms with Crippen molar-refractivity contribution in [1.82, 2.24) is 4.90 Å². The Balaban J connectivity index is 2.08. The van der Waals surface area contributed by atoms with Crippen LogP contribution in [0.1, 0.15) is 30.2 Å². The summed E-state index contributed by atoms with van der Waals surface area (Å²) in [7, 11) is 2.09. The number of nitrogens with zero attached hydrogens (tertiary/aromatic N) is 1. The molecule has 3 rings (SSSR count). The van der Waals surface area contributed by atoms with Crippen molar-refractivity contribution >= 4 is 11.0 Å². The van der Waals surface area contributed by atoms with Gasteiger partial charge in [0, 0.05) is 23.1 Å². The first-order valence-electron chi connectivity index (χ1n) is 9.16. The second-order valence-corrected chi connectivity index (χ2v) is 6.99. The zero-order chi connectivity index (χ0) is 18.7. The Kier molecular flexibility index (Phi) is 5.48. The van der Waals surface area contributed by atoms with Gasteiger partial charge in [0.2, 0.25) is 0 Å². The molecule has 0 amide bonds. The molecule has 0 saturated carbocycles. The zero-order valence-corrected chi connectivity index (χ0v) is 15.9. The third-order valence-electron chi connectivity index (χ3n) is 4.62. The average molecular weight is 349 g/mol. The smallest absolute Gasteiger partial charge is 0.134 e.